The van der Waals surface area contributed by atoms with E-state index in [9.17, 15) is 0 Å². The lowest BCUT2D eigenvalue weighted by Gasteiger charge is -2.11. The van der Waals surface area contributed by atoms with Crippen molar-refractivity contribution in [2.45, 2.75) is 12.8 Å². The molecule has 0 bridgehead atoms. The monoisotopic (exact) mass is 237 g/mol. The molecule has 0 aliphatic heterocycles. The van der Waals surface area contributed by atoms with Crippen LogP contribution in [-0.4, -0.2) is 12.9 Å². The fraction of sp³-hybridized carbons (Fsp3) is 0.235. The van der Waals surface area contributed by atoms with E-state index in [0.29, 0.717) is 0 Å². The fourth-order valence-corrected chi connectivity index (χ4v) is 2.40. The Kier molecular flexibility index (Phi) is 2.97. The Bertz CT molecular complexity index is 537. The highest BCUT2D eigenvalue weighted by Crippen LogP contribution is 2.44. The summed E-state index contributed by atoms with van der Waals surface area (Å²) >= 11 is 0. The van der Waals surface area contributed by atoms with Gasteiger partial charge < -0.3 is 0 Å². The Morgan fingerprint density at radius 1 is 1.00 bits per heavy atom. The summed E-state index contributed by atoms with van der Waals surface area (Å²) in [4.78, 5) is 0. The summed E-state index contributed by atoms with van der Waals surface area (Å²) in [7, 11) is 1.71. The van der Waals surface area contributed by atoms with Crippen LogP contribution in [0.15, 0.2) is 60.2 Å². The minimum atomic E-state index is 0.737. The van der Waals surface area contributed by atoms with E-state index < -0.39 is 0 Å². The second-order valence-corrected chi connectivity index (χ2v) is 4.78. The van der Waals surface area contributed by atoms with Gasteiger partial charge in [0.05, 0.1) is 0 Å². The summed E-state index contributed by atoms with van der Waals surface area (Å²) in [6.45, 7) is 0. The molecule has 0 saturated heterocycles. The quantitative estimate of drug-likeness (QED) is 0.695. The minimum absolute atomic E-state index is 0.737. The second kappa shape index (κ2) is 4.77. The van der Waals surface area contributed by atoms with E-state index in [2.05, 4.69) is 42.5 Å². The van der Waals surface area contributed by atoms with Gasteiger partial charge in [-0.15, -0.1) is 0 Å². The van der Waals surface area contributed by atoms with E-state index in [1.165, 1.54) is 29.6 Å². The third-order valence-corrected chi connectivity index (χ3v) is 3.47. The van der Waals surface area contributed by atoms with Crippen molar-refractivity contribution >= 4 is 11.4 Å². The topological polar surface area (TPSA) is 11.3 Å². The Morgan fingerprint density at radius 2 is 1.67 bits per heavy atom. The molecule has 0 N–H and O–H groups in total. The van der Waals surface area contributed by atoms with Gasteiger partial charge in [-0.05, 0) is 47.6 Å². The predicted molar refractivity (Wildman–Crippen MR) is 75.3 cm³/mol. The van der Waals surface area contributed by atoms with Crippen molar-refractivity contribution in [1.82, 2.24) is 0 Å². The molecule has 0 atom stereocenters. The van der Waals surface area contributed by atoms with Crippen LogP contribution in [0.3, 0.4) is 0 Å². The zero-order valence-corrected chi connectivity index (χ0v) is 10.6. The molecule has 0 heterocycles. The van der Waals surface area contributed by atoms with E-state index in [4.69, 9.17) is 4.42 Å². The summed E-state index contributed by atoms with van der Waals surface area (Å²) in [6.07, 6.45) is 11.0. The SMILES string of the molecule is C[O+]=C1C=CC(=C(c2ccccc2)C2CC2)C=C1. The number of carbonyl (C=O) groups excluding carboxylic acids is 1. The van der Waals surface area contributed by atoms with Crippen LogP contribution >= 0.6 is 0 Å². The smallest absolute Gasteiger partial charge is 0.258 e. The Morgan fingerprint density at radius 3 is 2.22 bits per heavy atom. The van der Waals surface area contributed by atoms with Crippen molar-refractivity contribution in [3.05, 3.63) is 65.8 Å². The first-order chi connectivity index (χ1) is 8.88. The molecule has 1 nitrogen and oxygen atoms in total. The third-order valence-electron chi connectivity index (χ3n) is 3.47. The summed E-state index contributed by atoms with van der Waals surface area (Å²) in [6, 6.07) is 10.7. The average Bonchev–Trinajstić information content (AvgIpc) is 3.26. The maximum absolute atomic E-state index is 5.22. The second-order valence-electron chi connectivity index (χ2n) is 4.78. The number of hydrogen-bond acceptors (Lipinski definition) is 0. The molecule has 2 aliphatic rings. The lowest BCUT2D eigenvalue weighted by molar-refractivity contribution is -0.417. The third kappa shape index (κ3) is 2.21. The predicted octanol–water partition coefficient (Wildman–Crippen LogP) is 3.71. The van der Waals surface area contributed by atoms with Gasteiger partial charge in [-0.25, -0.2) is 0 Å². The van der Waals surface area contributed by atoms with Crippen molar-refractivity contribution in [2.24, 2.45) is 5.92 Å². The first-order valence-corrected chi connectivity index (χ1v) is 6.45. The first kappa shape index (κ1) is 11.2. The summed E-state index contributed by atoms with van der Waals surface area (Å²) < 4.78 is 5.22. The molecular weight excluding hydrogens is 220 g/mol. The Labute approximate surface area is 108 Å². The number of rotatable bonds is 2. The van der Waals surface area contributed by atoms with Gasteiger partial charge in [0.15, 0.2) is 0 Å². The van der Waals surface area contributed by atoms with Crippen LogP contribution in [0.1, 0.15) is 18.4 Å². The molecular formula is C17H17O+. The van der Waals surface area contributed by atoms with Gasteiger partial charge in [0.25, 0.3) is 7.11 Å². The average molecular weight is 237 g/mol. The molecule has 1 aromatic carbocycles. The van der Waals surface area contributed by atoms with Crippen LogP contribution in [0.5, 0.6) is 0 Å². The van der Waals surface area contributed by atoms with Crippen molar-refractivity contribution in [2.75, 3.05) is 7.11 Å². The minimum Gasteiger partial charge on any atom is -0.258 e. The van der Waals surface area contributed by atoms with Crippen LogP contribution in [-0.2, 0) is 4.42 Å². The van der Waals surface area contributed by atoms with Crippen molar-refractivity contribution in [1.29, 1.82) is 0 Å². The number of benzene rings is 1. The highest BCUT2D eigenvalue weighted by Gasteiger charge is 2.28. The highest BCUT2D eigenvalue weighted by atomic mass is 16.4. The summed E-state index contributed by atoms with van der Waals surface area (Å²) in [5.74, 6) is 1.66. The van der Waals surface area contributed by atoms with Crippen LogP contribution in [0.4, 0.5) is 0 Å². The molecule has 3 rings (SSSR count). The molecule has 1 saturated carbocycles. The zero-order chi connectivity index (χ0) is 12.4. The van der Waals surface area contributed by atoms with Crippen LogP contribution in [0.25, 0.3) is 5.57 Å². The molecule has 1 aromatic rings. The van der Waals surface area contributed by atoms with Crippen molar-refractivity contribution in [3.63, 3.8) is 0 Å². The molecule has 0 unspecified atom stereocenters. The zero-order valence-electron chi connectivity index (χ0n) is 10.6. The van der Waals surface area contributed by atoms with Crippen LogP contribution in [0.2, 0.25) is 0 Å². The van der Waals surface area contributed by atoms with E-state index in [1.807, 2.05) is 12.2 Å². The van der Waals surface area contributed by atoms with E-state index in [-0.39, 0.29) is 0 Å². The molecule has 1 heteroatoms. The fourth-order valence-electron chi connectivity index (χ4n) is 2.40. The van der Waals surface area contributed by atoms with Crippen LogP contribution in [0, 0.1) is 5.92 Å². The van der Waals surface area contributed by atoms with Gasteiger partial charge in [0, 0.05) is 12.2 Å². The summed E-state index contributed by atoms with van der Waals surface area (Å²) in [5.41, 5.74) is 4.16. The number of ketones is 1. The van der Waals surface area contributed by atoms with Gasteiger partial charge >= 0.3 is 5.78 Å². The first-order valence-electron chi connectivity index (χ1n) is 6.45. The van der Waals surface area contributed by atoms with Crippen molar-refractivity contribution in [3.8, 4) is 0 Å². The maximum atomic E-state index is 5.22. The van der Waals surface area contributed by atoms with Crippen molar-refractivity contribution < 1.29 is 4.42 Å². The molecule has 90 valence electrons. The molecule has 1 fully saturated rings. The van der Waals surface area contributed by atoms with E-state index in [0.717, 1.165) is 11.7 Å². The maximum Gasteiger partial charge on any atom is 0.343 e. The molecule has 0 radical (unpaired) electrons. The van der Waals surface area contributed by atoms with Gasteiger partial charge in [-0.2, -0.15) is 0 Å². The van der Waals surface area contributed by atoms with E-state index in [1.54, 1.807) is 7.11 Å². The molecule has 0 amide bonds. The molecule has 18 heavy (non-hydrogen) atoms. The lowest BCUT2D eigenvalue weighted by atomic mass is 9.93. The number of allylic oxidation sites excluding steroid dienone is 6. The van der Waals surface area contributed by atoms with Crippen LogP contribution < -0.4 is 0 Å². The standard InChI is InChI=1S/C17H17O/c1-18-16-11-9-15(10-12-16)17(14-7-8-14)13-5-3-2-4-6-13/h2-6,9-12,14H,7-8H2,1H3/q+1. The van der Waals surface area contributed by atoms with Gasteiger partial charge in [-0.3, -0.25) is 4.42 Å². The molecule has 0 spiro atoms. The normalized spacial score (nSPS) is 18.1. The summed E-state index contributed by atoms with van der Waals surface area (Å²) in [5, 5.41) is 0. The largest absolute Gasteiger partial charge is 0.343 e. The van der Waals surface area contributed by atoms with Gasteiger partial charge in [-0.1, -0.05) is 30.3 Å². The Hall–Kier alpha value is -1.89. The Balaban J connectivity index is 2.03. The lowest BCUT2D eigenvalue weighted by Crippen LogP contribution is -1.99. The molecule has 0 aromatic heterocycles. The van der Waals surface area contributed by atoms with Gasteiger partial charge in [0.2, 0.25) is 0 Å². The number of hydrogen-bond donors (Lipinski definition) is 0. The van der Waals surface area contributed by atoms with Gasteiger partial charge in [0.1, 0.15) is 0 Å². The highest BCUT2D eigenvalue weighted by molar-refractivity contribution is 6.02. The molecule has 2 aliphatic carbocycles. The van der Waals surface area contributed by atoms with E-state index >= 15 is 0 Å².